The molecule has 0 saturated heterocycles. The van der Waals surface area contributed by atoms with Crippen molar-refractivity contribution in [1.29, 1.82) is 0 Å². The third-order valence-electron chi connectivity index (χ3n) is 5.29. The first-order valence-corrected chi connectivity index (χ1v) is 13.6. The van der Waals surface area contributed by atoms with Crippen LogP contribution < -0.4 is 9.47 Å². The molecule has 4 heterocycles. The van der Waals surface area contributed by atoms with E-state index in [4.69, 9.17) is 9.47 Å². The van der Waals surface area contributed by atoms with Crippen LogP contribution in [-0.2, 0) is 66.9 Å². The van der Waals surface area contributed by atoms with Gasteiger partial charge in [0.25, 0.3) is 0 Å². The second kappa shape index (κ2) is 7.39. The van der Waals surface area contributed by atoms with E-state index in [1.807, 2.05) is 12.1 Å². The maximum Gasteiger partial charge on any atom is 0.161 e. The molecule has 0 saturated carbocycles. The third-order valence-corrected chi connectivity index (χ3v) is 9.08. The maximum absolute atomic E-state index is 11.3. The Labute approximate surface area is 171 Å². The summed E-state index contributed by atoms with van der Waals surface area (Å²) < 4.78 is 45.0. The highest BCUT2D eigenvalue weighted by Gasteiger charge is 2.24. The zero-order valence-electron chi connectivity index (χ0n) is 15.2. The monoisotopic (exact) mass is 436 g/mol. The number of fused-ring (bicyclic) bond motifs is 4. The molecule has 0 fully saturated rings. The summed E-state index contributed by atoms with van der Waals surface area (Å²) in [4.78, 5) is 0. The molecule has 0 radical (unpaired) electrons. The first-order valence-electron chi connectivity index (χ1n) is 9.15. The van der Waals surface area contributed by atoms with Crippen LogP contribution in [0.15, 0.2) is 24.3 Å². The number of hydrogen-bond donors (Lipinski definition) is 0. The second-order valence-electron chi connectivity index (χ2n) is 7.34. The van der Waals surface area contributed by atoms with E-state index >= 15 is 0 Å². The summed E-state index contributed by atoms with van der Waals surface area (Å²) in [6.07, 6.45) is 0. The van der Waals surface area contributed by atoms with Crippen molar-refractivity contribution in [2.24, 2.45) is 0 Å². The molecule has 0 bridgehead atoms. The predicted molar refractivity (Wildman–Crippen MR) is 111 cm³/mol. The molecule has 0 unspecified atom stereocenters. The molecule has 2 aromatic carbocycles. The van der Waals surface area contributed by atoms with Gasteiger partial charge in [-0.25, -0.2) is 0 Å². The molecule has 0 aromatic heterocycles. The van der Waals surface area contributed by atoms with Crippen LogP contribution in [0.5, 0.6) is 11.5 Å². The van der Waals surface area contributed by atoms with Gasteiger partial charge in [-0.05, 0) is 45.5 Å². The summed E-state index contributed by atoms with van der Waals surface area (Å²) in [5, 5.41) is 0. The lowest BCUT2D eigenvalue weighted by Crippen LogP contribution is -2.15. The number of hydrogen-bond acceptors (Lipinski definition) is 5. The van der Waals surface area contributed by atoms with Gasteiger partial charge in [0.05, 0.1) is 0 Å². The summed E-state index contributed by atoms with van der Waals surface area (Å²) in [6.45, 7) is 1.21. The Hall–Kier alpha value is -1.51. The Morgan fingerprint density at radius 2 is 0.786 bits per heavy atom. The van der Waals surface area contributed by atoms with Gasteiger partial charge in [0.2, 0.25) is 0 Å². The molecule has 0 spiro atoms. The van der Waals surface area contributed by atoms with E-state index in [-0.39, 0.29) is 0 Å². The minimum absolute atomic E-state index is 0.606. The van der Waals surface area contributed by atoms with Crippen LogP contribution in [-0.4, -0.2) is 25.8 Å². The highest BCUT2D eigenvalue weighted by Crippen LogP contribution is 2.36. The standard InChI is InChI=1S/C10H10O3S.C10H10O2S2/c11-14-5-7-3-9-10(4-8(7)6-14)13-2-1-12-9;11-13-3-7-1-8-4-14(12)6-10(8)2-9(7)5-13/h3-4H,1-2,5-6H2;1-2H,3-6H2. The fourth-order valence-corrected chi connectivity index (χ4v) is 7.96. The fraction of sp³-hybridized carbons (Fsp3) is 0.400. The predicted octanol–water partition coefficient (Wildman–Crippen LogP) is 2.43. The van der Waals surface area contributed by atoms with Gasteiger partial charge < -0.3 is 9.47 Å². The molecule has 4 aliphatic rings. The molecule has 5 nitrogen and oxygen atoms in total. The van der Waals surface area contributed by atoms with Crippen molar-refractivity contribution < 1.29 is 22.1 Å². The van der Waals surface area contributed by atoms with E-state index < -0.39 is 32.4 Å². The second-order valence-corrected chi connectivity index (χ2v) is 11.7. The van der Waals surface area contributed by atoms with Gasteiger partial charge in [-0.2, -0.15) is 0 Å². The topological polar surface area (TPSA) is 69.7 Å². The summed E-state index contributed by atoms with van der Waals surface area (Å²) in [5.41, 5.74) is 7.13. The number of rotatable bonds is 0. The van der Waals surface area contributed by atoms with Gasteiger partial charge >= 0.3 is 0 Å². The van der Waals surface area contributed by atoms with E-state index in [2.05, 4.69) is 12.1 Å². The quantitative estimate of drug-likeness (QED) is 0.634. The Morgan fingerprint density at radius 1 is 0.500 bits per heavy atom. The fourth-order valence-electron chi connectivity index (χ4n) is 3.96. The summed E-state index contributed by atoms with van der Waals surface area (Å²) in [5.74, 6) is 5.68. The highest BCUT2D eigenvalue weighted by atomic mass is 32.2. The Kier molecular flexibility index (Phi) is 4.88. The minimum atomic E-state index is -0.731. The molecule has 0 N–H and O–H groups in total. The van der Waals surface area contributed by atoms with E-state index in [0.29, 0.717) is 47.7 Å². The van der Waals surface area contributed by atoms with Crippen LogP contribution in [0.25, 0.3) is 0 Å². The molecular formula is C20H20O5S3. The number of ether oxygens (including phenoxy) is 2. The smallest absolute Gasteiger partial charge is 0.161 e. The molecule has 0 aliphatic carbocycles. The average molecular weight is 437 g/mol. The van der Waals surface area contributed by atoms with E-state index in [1.54, 1.807) is 0 Å². The summed E-state index contributed by atoms with van der Waals surface area (Å²) >= 11 is 0. The lowest BCUT2D eigenvalue weighted by atomic mass is 10.0. The van der Waals surface area contributed by atoms with Crippen molar-refractivity contribution in [1.82, 2.24) is 0 Å². The van der Waals surface area contributed by atoms with Gasteiger partial charge in [-0.1, -0.05) is 12.1 Å². The largest absolute Gasteiger partial charge is 0.486 e. The van der Waals surface area contributed by atoms with Gasteiger partial charge in [0.15, 0.2) is 11.5 Å². The third kappa shape index (κ3) is 3.57. The van der Waals surface area contributed by atoms with Crippen molar-refractivity contribution >= 4 is 32.4 Å². The molecule has 2 aromatic rings. The van der Waals surface area contributed by atoms with Crippen molar-refractivity contribution in [3.63, 3.8) is 0 Å². The summed E-state index contributed by atoms with van der Waals surface area (Å²) in [6, 6.07) is 8.16. The zero-order chi connectivity index (χ0) is 19.3. The van der Waals surface area contributed by atoms with Crippen LogP contribution in [0.1, 0.15) is 33.4 Å². The van der Waals surface area contributed by atoms with Crippen LogP contribution in [0.2, 0.25) is 0 Å². The van der Waals surface area contributed by atoms with Crippen molar-refractivity contribution in [3.05, 3.63) is 57.6 Å². The van der Waals surface area contributed by atoms with Gasteiger partial charge in [-0.3, -0.25) is 12.6 Å². The van der Waals surface area contributed by atoms with Gasteiger partial charge in [0, 0.05) is 66.9 Å². The van der Waals surface area contributed by atoms with Crippen molar-refractivity contribution in [2.75, 3.05) is 13.2 Å². The molecular weight excluding hydrogens is 416 g/mol. The van der Waals surface area contributed by atoms with E-state index in [1.165, 1.54) is 22.3 Å². The Bertz CT molecular complexity index is 931. The minimum Gasteiger partial charge on any atom is -0.486 e. The summed E-state index contributed by atoms with van der Waals surface area (Å²) in [7, 11) is -2.13. The van der Waals surface area contributed by atoms with Crippen LogP contribution >= 0.6 is 0 Å². The van der Waals surface area contributed by atoms with Crippen LogP contribution in [0.3, 0.4) is 0 Å². The maximum atomic E-state index is 11.3. The first-order chi connectivity index (χ1) is 13.5. The molecule has 148 valence electrons. The molecule has 8 heteroatoms. The van der Waals surface area contributed by atoms with E-state index in [9.17, 15) is 12.6 Å². The zero-order valence-corrected chi connectivity index (χ0v) is 17.7. The van der Waals surface area contributed by atoms with Gasteiger partial charge in [0.1, 0.15) is 13.2 Å². The van der Waals surface area contributed by atoms with Crippen LogP contribution in [0, 0.1) is 0 Å². The van der Waals surface area contributed by atoms with Crippen molar-refractivity contribution in [2.45, 2.75) is 34.5 Å². The van der Waals surface area contributed by atoms with Gasteiger partial charge in [-0.15, -0.1) is 0 Å². The lowest BCUT2D eigenvalue weighted by molar-refractivity contribution is 0.171. The van der Waals surface area contributed by atoms with E-state index in [0.717, 1.165) is 22.6 Å². The molecule has 6 rings (SSSR count). The molecule has 4 aliphatic heterocycles. The normalized spacial score (nSPS) is 20.3. The Morgan fingerprint density at radius 3 is 1.11 bits per heavy atom. The molecule has 0 amide bonds. The average Bonchev–Trinajstić information content (AvgIpc) is 3.30. The number of benzene rings is 2. The highest BCUT2D eigenvalue weighted by molar-refractivity contribution is 7.84. The van der Waals surface area contributed by atoms with Crippen LogP contribution in [0.4, 0.5) is 0 Å². The molecule has 0 atom stereocenters. The molecule has 28 heavy (non-hydrogen) atoms. The lowest BCUT2D eigenvalue weighted by Gasteiger charge is -2.19. The SMILES string of the molecule is O=S1Cc2cc3c(cc2C1)CS(=O)C3.O=S1Cc2cc3c(cc2C1)OCCO3. The Balaban J connectivity index is 0.000000122. The first kappa shape index (κ1) is 18.5. The van der Waals surface area contributed by atoms with Crippen molar-refractivity contribution in [3.8, 4) is 11.5 Å².